The highest BCUT2D eigenvalue weighted by Crippen LogP contribution is 2.33. The van der Waals surface area contributed by atoms with Crippen molar-refractivity contribution in [2.75, 3.05) is 0 Å². The van der Waals surface area contributed by atoms with E-state index in [2.05, 4.69) is 56.5 Å². The Hall–Kier alpha value is -3.87. The summed E-state index contributed by atoms with van der Waals surface area (Å²) < 4.78 is 1.77. The highest BCUT2D eigenvalue weighted by atomic mass is 15.4. The second-order valence-electron chi connectivity index (χ2n) is 6.69. The molecule has 5 rings (SSSR count). The van der Waals surface area contributed by atoms with Gasteiger partial charge in [0.05, 0.1) is 23.1 Å². The van der Waals surface area contributed by atoms with Gasteiger partial charge in [0.25, 0.3) is 0 Å². The third kappa shape index (κ3) is 2.73. The van der Waals surface area contributed by atoms with Gasteiger partial charge in [-0.1, -0.05) is 35.0 Å². The first-order chi connectivity index (χ1) is 13.7. The van der Waals surface area contributed by atoms with Crippen molar-refractivity contribution in [2.45, 2.75) is 6.92 Å². The largest absolute Gasteiger partial charge is 0.336 e. The van der Waals surface area contributed by atoms with Crippen LogP contribution in [0, 0.1) is 6.92 Å². The maximum atomic E-state index is 4.86. The number of hydrogen-bond donors (Lipinski definition) is 1. The van der Waals surface area contributed by atoms with Gasteiger partial charge < -0.3 is 4.98 Å². The molecule has 136 valence electrons. The number of aryl methyl sites for hydroxylation is 2. The molecule has 7 heteroatoms. The maximum absolute atomic E-state index is 4.86. The standard InChI is InChI=1S/C21H17N7/c1-13-4-3-5-14(10-13)19-20(25-21(24-19)17-12-22-8-9-23-17)15-6-7-16-18(11-15)28(2)27-26-16/h3-12H,1-2H3,(H,24,25). The molecule has 0 fully saturated rings. The summed E-state index contributed by atoms with van der Waals surface area (Å²) in [5, 5.41) is 8.26. The molecule has 3 aromatic heterocycles. The van der Waals surface area contributed by atoms with Crippen LogP contribution in [0.3, 0.4) is 0 Å². The fourth-order valence-electron chi connectivity index (χ4n) is 3.31. The van der Waals surface area contributed by atoms with Gasteiger partial charge in [-0.05, 0) is 25.1 Å². The molecule has 28 heavy (non-hydrogen) atoms. The number of imidazole rings is 1. The molecule has 0 amide bonds. The van der Waals surface area contributed by atoms with Crippen LogP contribution in [0.4, 0.5) is 0 Å². The molecule has 0 unspecified atom stereocenters. The third-order valence-electron chi connectivity index (χ3n) is 4.70. The molecule has 5 aromatic rings. The van der Waals surface area contributed by atoms with E-state index in [1.807, 2.05) is 25.2 Å². The second-order valence-corrected chi connectivity index (χ2v) is 6.69. The number of aromatic amines is 1. The van der Waals surface area contributed by atoms with E-state index >= 15 is 0 Å². The fourth-order valence-corrected chi connectivity index (χ4v) is 3.31. The van der Waals surface area contributed by atoms with E-state index in [1.54, 1.807) is 23.3 Å². The number of aromatic nitrogens is 7. The quantitative estimate of drug-likeness (QED) is 0.524. The molecule has 1 N–H and O–H groups in total. The minimum atomic E-state index is 0.683. The van der Waals surface area contributed by atoms with Crippen LogP contribution in [0.5, 0.6) is 0 Å². The second kappa shape index (κ2) is 6.38. The lowest BCUT2D eigenvalue weighted by molar-refractivity contribution is 0.736. The summed E-state index contributed by atoms with van der Waals surface area (Å²) in [6.45, 7) is 2.08. The number of benzene rings is 2. The van der Waals surface area contributed by atoms with Crippen LogP contribution < -0.4 is 0 Å². The molecule has 0 radical (unpaired) electrons. The summed E-state index contributed by atoms with van der Waals surface area (Å²) in [6.07, 6.45) is 5.02. The van der Waals surface area contributed by atoms with Crippen molar-refractivity contribution in [3.05, 3.63) is 66.6 Å². The summed E-state index contributed by atoms with van der Waals surface area (Å²) in [4.78, 5) is 16.9. The zero-order chi connectivity index (χ0) is 19.1. The predicted octanol–water partition coefficient (Wildman–Crippen LogP) is 3.79. The molecule has 0 aliphatic rings. The topological polar surface area (TPSA) is 85.2 Å². The highest BCUT2D eigenvalue weighted by molar-refractivity contribution is 5.86. The van der Waals surface area contributed by atoms with Crippen molar-refractivity contribution < 1.29 is 0 Å². The molecule has 0 spiro atoms. The van der Waals surface area contributed by atoms with Gasteiger partial charge in [-0.25, -0.2) is 14.6 Å². The number of hydrogen-bond acceptors (Lipinski definition) is 5. The Balaban J connectivity index is 1.74. The summed E-state index contributed by atoms with van der Waals surface area (Å²) in [6, 6.07) is 14.4. The van der Waals surface area contributed by atoms with Crippen LogP contribution in [0.2, 0.25) is 0 Å². The highest BCUT2D eigenvalue weighted by Gasteiger charge is 2.17. The van der Waals surface area contributed by atoms with Gasteiger partial charge in [-0.15, -0.1) is 5.10 Å². The molecule has 0 aliphatic heterocycles. The van der Waals surface area contributed by atoms with Crippen LogP contribution >= 0.6 is 0 Å². The lowest BCUT2D eigenvalue weighted by atomic mass is 10.0. The lowest BCUT2D eigenvalue weighted by Gasteiger charge is -2.05. The minimum absolute atomic E-state index is 0.683. The summed E-state index contributed by atoms with van der Waals surface area (Å²) in [7, 11) is 1.89. The van der Waals surface area contributed by atoms with E-state index in [4.69, 9.17) is 4.98 Å². The first kappa shape index (κ1) is 16.3. The van der Waals surface area contributed by atoms with Gasteiger partial charge >= 0.3 is 0 Å². The van der Waals surface area contributed by atoms with Crippen LogP contribution in [-0.2, 0) is 7.05 Å². The van der Waals surface area contributed by atoms with Crippen LogP contribution in [0.1, 0.15) is 5.56 Å². The Labute approximate surface area is 161 Å². The van der Waals surface area contributed by atoms with Crippen molar-refractivity contribution in [1.82, 2.24) is 34.9 Å². The van der Waals surface area contributed by atoms with Crippen LogP contribution in [-0.4, -0.2) is 34.9 Å². The van der Waals surface area contributed by atoms with E-state index in [1.165, 1.54) is 5.56 Å². The summed E-state index contributed by atoms with van der Waals surface area (Å²) >= 11 is 0. The smallest absolute Gasteiger partial charge is 0.158 e. The molecule has 0 aliphatic carbocycles. The van der Waals surface area contributed by atoms with Crippen molar-refractivity contribution >= 4 is 11.0 Å². The molecule has 0 saturated carbocycles. The minimum Gasteiger partial charge on any atom is -0.336 e. The zero-order valence-corrected chi connectivity index (χ0v) is 15.5. The van der Waals surface area contributed by atoms with Gasteiger partial charge in [0.2, 0.25) is 0 Å². The number of nitrogens with zero attached hydrogens (tertiary/aromatic N) is 6. The molecule has 0 bridgehead atoms. The molecule has 3 heterocycles. The number of H-pyrrole nitrogens is 1. The molecule has 2 aromatic carbocycles. The van der Waals surface area contributed by atoms with E-state index < -0.39 is 0 Å². The molecule has 0 atom stereocenters. The molecule has 7 nitrogen and oxygen atoms in total. The Morgan fingerprint density at radius 3 is 2.75 bits per heavy atom. The Bertz CT molecular complexity index is 1280. The number of rotatable bonds is 3. The summed E-state index contributed by atoms with van der Waals surface area (Å²) in [5.41, 5.74) is 7.56. The third-order valence-corrected chi connectivity index (χ3v) is 4.70. The number of fused-ring (bicyclic) bond motifs is 1. The van der Waals surface area contributed by atoms with Gasteiger partial charge in [0.15, 0.2) is 5.82 Å². The molecular weight excluding hydrogens is 350 g/mol. The van der Waals surface area contributed by atoms with Crippen molar-refractivity contribution in [3.63, 3.8) is 0 Å². The van der Waals surface area contributed by atoms with Gasteiger partial charge in [0.1, 0.15) is 11.2 Å². The van der Waals surface area contributed by atoms with E-state index in [0.717, 1.165) is 33.5 Å². The lowest BCUT2D eigenvalue weighted by Crippen LogP contribution is -1.90. The van der Waals surface area contributed by atoms with E-state index in [-0.39, 0.29) is 0 Å². The van der Waals surface area contributed by atoms with Gasteiger partial charge in [-0.3, -0.25) is 4.98 Å². The Kier molecular flexibility index (Phi) is 3.72. The average Bonchev–Trinajstić information content (AvgIpc) is 3.33. The zero-order valence-electron chi connectivity index (χ0n) is 15.5. The monoisotopic (exact) mass is 367 g/mol. The Morgan fingerprint density at radius 1 is 1.00 bits per heavy atom. The van der Waals surface area contributed by atoms with Crippen molar-refractivity contribution in [1.29, 1.82) is 0 Å². The Morgan fingerprint density at radius 2 is 1.93 bits per heavy atom. The maximum Gasteiger partial charge on any atom is 0.158 e. The first-order valence-corrected chi connectivity index (χ1v) is 8.92. The molecular formula is C21H17N7. The fraction of sp³-hybridized carbons (Fsp3) is 0.0952. The van der Waals surface area contributed by atoms with Crippen LogP contribution in [0.25, 0.3) is 45.1 Å². The summed E-state index contributed by atoms with van der Waals surface area (Å²) in [5.74, 6) is 0.683. The van der Waals surface area contributed by atoms with E-state index in [0.29, 0.717) is 11.5 Å². The van der Waals surface area contributed by atoms with Crippen molar-refractivity contribution in [3.8, 4) is 34.0 Å². The van der Waals surface area contributed by atoms with Crippen molar-refractivity contribution in [2.24, 2.45) is 7.05 Å². The van der Waals surface area contributed by atoms with Gasteiger partial charge in [0, 0.05) is 30.6 Å². The van der Waals surface area contributed by atoms with E-state index in [9.17, 15) is 0 Å². The molecule has 0 saturated heterocycles. The van der Waals surface area contributed by atoms with Crippen LogP contribution in [0.15, 0.2) is 61.1 Å². The predicted molar refractivity (Wildman–Crippen MR) is 107 cm³/mol. The van der Waals surface area contributed by atoms with Gasteiger partial charge in [-0.2, -0.15) is 0 Å². The number of nitrogens with one attached hydrogen (secondary N) is 1. The SMILES string of the molecule is Cc1cccc(-c2nc(-c3cnccn3)[nH]c2-c2ccc3nnn(C)c3c2)c1. The first-order valence-electron chi connectivity index (χ1n) is 8.92. The normalized spacial score (nSPS) is 11.2. The average molecular weight is 367 g/mol.